The van der Waals surface area contributed by atoms with Crippen molar-refractivity contribution < 1.29 is 18.3 Å². The Morgan fingerprint density at radius 3 is 2.50 bits per heavy atom. The summed E-state index contributed by atoms with van der Waals surface area (Å²) in [6.45, 7) is 4.64. The van der Waals surface area contributed by atoms with Crippen molar-refractivity contribution in [2.24, 2.45) is 5.92 Å². The number of nitrogens with one attached hydrogen (secondary N) is 1. The molecule has 0 aliphatic carbocycles. The number of carbonyl (C=O) groups excluding carboxylic acids is 1. The Morgan fingerprint density at radius 2 is 2.11 bits per heavy atom. The van der Waals surface area contributed by atoms with E-state index in [-0.39, 0.29) is 11.8 Å². The van der Waals surface area contributed by atoms with E-state index in [1.165, 1.54) is 4.90 Å². The number of sulfonamides is 1. The SMILES string of the molecule is CC(C)CC(NS(C)(=O)=O)C(=O)N1CC[C@@H](O)C1. The summed E-state index contributed by atoms with van der Waals surface area (Å²) in [7, 11) is -3.42. The van der Waals surface area contributed by atoms with Crippen molar-refractivity contribution in [3.63, 3.8) is 0 Å². The van der Waals surface area contributed by atoms with Crippen LogP contribution in [0.4, 0.5) is 0 Å². The number of aliphatic hydroxyl groups is 1. The lowest BCUT2D eigenvalue weighted by Crippen LogP contribution is -2.48. The van der Waals surface area contributed by atoms with Gasteiger partial charge in [-0.25, -0.2) is 13.1 Å². The first-order chi connectivity index (χ1) is 8.19. The van der Waals surface area contributed by atoms with Crippen molar-refractivity contribution >= 4 is 15.9 Å². The monoisotopic (exact) mass is 278 g/mol. The van der Waals surface area contributed by atoms with Gasteiger partial charge in [0.1, 0.15) is 6.04 Å². The number of β-amino-alcohol motifs (C(OH)–C–C–N with tert-alkyl or cyclic N) is 1. The Kier molecular flexibility index (Phi) is 5.12. The maximum atomic E-state index is 12.2. The normalized spacial score (nSPS) is 22.5. The first-order valence-electron chi connectivity index (χ1n) is 6.13. The summed E-state index contributed by atoms with van der Waals surface area (Å²) in [5, 5.41) is 9.41. The molecule has 1 amide bonds. The highest BCUT2D eigenvalue weighted by Crippen LogP contribution is 2.14. The number of rotatable bonds is 5. The number of aliphatic hydroxyl groups excluding tert-OH is 1. The summed E-state index contributed by atoms with van der Waals surface area (Å²) >= 11 is 0. The molecular weight excluding hydrogens is 256 g/mol. The van der Waals surface area contributed by atoms with Gasteiger partial charge < -0.3 is 10.0 Å². The summed E-state index contributed by atoms with van der Waals surface area (Å²) in [5.41, 5.74) is 0. The zero-order chi connectivity index (χ0) is 13.9. The summed E-state index contributed by atoms with van der Waals surface area (Å²) in [6, 6.07) is -0.731. The highest BCUT2D eigenvalue weighted by atomic mass is 32.2. The van der Waals surface area contributed by atoms with Crippen LogP contribution in [0.15, 0.2) is 0 Å². The van der Waals surface area contributed by atoms with Gasteiger partial charge in [-0.1, -0.05) is 13.8 Å². The van der Waals surface area contributed by atoms with Gasteiger partial charge in [0, 0.05) is 13.1 Å². The summed E-state index contributed by atoms with van der Waals surface area (Å²) < 4.78 is 24.9. The van der Waals surface area contributed by atoms with E-state index in [1.54, 1.807) is 0 Å². The van der Waals surface area contributed by atoms with Crippen LogP contribution in [0.1, 0.15) is 26.7 Å². The molecule has 0 radical (unpaired) electrons. The minimum absolute atomic E-state index is 0.209. The average molecular weight is 278 g/mol. The van der Waals surface area contributed by atoms with Crippen molar-refractivity contribution in [2.45, 2.75) is 38.8 Å². The second kappa shape index (κ2) is 5.99. The molecule has 18 heavy (non-hydrogen) atoms. The van der Waals surface area contributed by atoms with Gasteiger partial charge in [-0.15, -0.1) is 0 Å². The van der Waals surface area contributed by atoms with Crippen LogP contribution in [-0.4, -0.2) is 55.8 Å². The van der Waals surface area contributed by atoms with Crippen LogP contribution in [0.2, 0.25) is 0 Å². The van der Waals surface area contributed by atoms with Gasteiger partial charge in [0.2, 0.25) is 15.9 Å². The Morgan fingerprint density at radius 1 is 1.50 bits per heavy atom. The highest BCUT2D eigenvalue weighted by molar-refractivity contribution is 7.88. The van der Waals surface area contributed by atoms with Crippen LogP contribution >= 0.6 is 0 Å². The smallest absolute Gasteiger partial charge is 0.240 e. The third-order valence-corrected chi connectivity index (χ3v) is 3.55. The molecule has 0 aromatic rings. The van der Waals surface area contributed by atoms with E-state index in [0.29, 0.717) is 25.9 Å². The van der Waals surface area contributed by atoms with Crippen LogP contribution in [0.25, 0.3) is 0 Å². The number of amides is 1. The fourth-order valence-electron chi connectivity index (χ4n) is 2.09. The highest BCUT2D eigenvalue weighted by Gasteiger charge is 2.31. The van der Waals surface area contributed by atoms with Crippen molar-refractivity contribution in [1.29, 1.82) is 0 Å². The molecule has 1 rings (SSSR count). The van der Waals surface area contributed by atoms with Gasteiger partial charge in [-0.3, -0.25) is 4.79 Å². The van der Waals surface area contributed by atoms with E-state index in [4.69, 9.17) is 0 Å². The minimum Gasteiger partial charge on any atom is -0.391 e. The second-order valence-corrected chi connectivity index (χ2v) is 7.08. The van der Waals surface area contributed by atoms with Crippen LogP contribution in [0, 0.1) is 5.92 Å². The standard InChI is InChI=1S/C11H22N2O4S/c1-8(2)6-10(12-18(3,16)17)11(15)13-5-4-9(14)7-13/h8-10,12,14H,4-7H2,1-3H3/t9-,10?/m1/s1. The summed E-state index contributed by atoms with van der Waals surface area (Å²) in [4.78, 5) is 13.7. The van der Waals surface area contributed by atoms with E-state index in [0.717, 1.165) is 6.26 Å². The van der Waals surface area contributed by atoms with E-state index < -0.39 is 22.2 Å². The van der Waals surface area contributed by atoms with Crippen LogP contribution in [0.5, 0.6) is 0 Å². The first-order valence-corrected chi connectivity index (χ1v) is 8.02. The fraction of sp³-hybridized carbons (Fsp3) is 0.909. The number of hydrogen-bond donors (Lipinski definition) is 2. The molecule has 6 nitrogen and oxygen atoms in total. The van der Waals surface area contributed by atoms with Gasteiger partial charge in [0.05, 0.1) is 12.4 Å². The average Bonchev–Trinajstić information content (AvgIpc) is 2.59. The van der Waals surface area contributed by atoms with Crippen LogP contribution < -0.4 is 4.72 Å². The molecule has 2 N–H and O–H groups in total. The Hall–Kier alpha value is -0.660. The third-order valence-electron chi connectivity index (χ3n) is 2.84. The van der Waals surface area contributed by atoms with Crippen molar-refractivity contribution in [3.8, 4) is 0 Å². The maximum Gasteiger partial charge on any atom is 0.240 e. The molecule has 1 fully saturated rings. The zero-order valence-corrected chi connectivity index (χ0v) is 11.9. The number of likely N-dealkylation sites (tertiary alicyclic amines) is 1. The van der Waals surface area contributed by atoms with E-state index in [1.807, 2.05) is 13.8 Å². The lowest BCUT2D eigenvalue weighted by molar-refractivity contribution is -0.132. The van der Waals surface area contributed by atoms with Crippen LogP contribution in [0.3, 0.4) is 0 Å². The molecular formula is C11H22N2O4S. The molecule has 0 saturated carbocycles. The third kappa shape index (κ3) is 4.91. The zero-order valence-electron chi connectivity index (χ0n) is 11.1. The van der Waals surface area contributed by atoms with Gasteiger partial charge in [-0.05, 0) is 18.8 Å². The topological polar surface area (TPSA) is 86.7 Å². The Bertz CT molecular complexity index is 394. The number of nitrogens with zero attached hydrogens (tertiary/aromatic N) is 1. The molecule has 1 unspecified atom stereocenters. The summed E-state index contributed by atoms with van der Waals surface area (Å²) in [6.07, 6.45) is 1.57. The predicted molar refractivity (Wildman–Crippen MR) is 68.4 cm³/mol. The lowest BCUT2D eigenvalue weighted by atomic mass is 10.0. The largest absolute Gasteiger partial charge is 0.391 e. The molecule has 1 heterocycles. The van der Waals surface area contributed by atoms with Gasteiger partial charge >= 0.3 is 0 Å². The molecule has 2 atom stereocenters. The molecule has 1 aliphatic rings. The number of hydrogen-bond acceptors (Lipinski definition) is 4. The van der Waals surface area contributed by atoms with Crippen molar-refractivity contribution in [3.05, 3.63) is 0 Å². The molecule has 0 bridgehead atoms. The number of carbonyl (C=O) groups is 1. The van der Waals surface area contributed by atoms with Gasteiger partial charge in [-0.2, -0.15) is 0 Å². The maximum absolute atomic E-state index is 12.2. The van der Waals surface area contributed by atoms with Crippen LogP contribution in [-0.2, 0) is 14.8 Å². The van der Waals surface area contributed by atoms with E-state index in [2.05, 4.69) is 4.72 Å². The van der Waals surface area contributed by atoms with Gasteiger partial charge in [0.15, 0.2) is 0 Å². The van der Waals surface area contributed by atoms with E-state index >= 15 is 0 Å². The molecule has 0 aromatic carbocycles. The van der Waals surface area contributed by atoms with E-state index in [9.17, 15) is 18.3 Å². The fourth-order valence-corrected chi connectivity index (χ4v) is 2.81. The molecule has 0 aromatic heterocycles. The quantitative estimate of drug-likeness (QED) is 0.713. The molecule has 106 valence electrons. The Balaban J connectivity index is 2.72. The van der Waals surface area contributed by atoms with Crippen molar-refractivity contribution in [1.82, 2.24) is 9.62 Å². The molecule has 1 saturated heterocycles. The molecule has 7 heteroatoms. The molecule has 0 spiro atoms. The lowest BCUT2D eigenvalue weighted by Gasteiger charge is -2.24. The predicted octanol–water partition coefficient (Wildman–Crippen LogP) is -0.456. The van der Waals surface area contributed by atoms with Crippen molar-refractivity contribution in [2.75, 3.05) is 19.3 Å². The first kappa shape index (κ1) is 15.4. The second-order valence-electron chi connectivity index (χ2n) is 5.30. The van der Waals surface area contributed by atoms with Gasteiger partial charge in [0.25, 0.3) is 0 Å². The minimum atomic E-state index is -3.42. The molecule has 1 aliphatic heterocycles. The summed E-state index contributed by atoms with van der Waals surface area (Å²) in [5.74, 6) is -0.0357. The Labute approximate surface area is 108 Å².